The van der Waals surface area contributed by atoms with Gasteiger partial charge in [0.2, 0.25) is 0 Å². The SMILES string of the molecule is Brc1ccc(-c2c3ccccc3cc3c2oc2cc4ccccc4cc23)cc1. The van der Waals surface area contributed by atoms with E-state index < -0.39 is 0 Å². The van der Waals surface area contributed by atoms with E-state index in [4.69, 9.17) is 4.42 Å². The maximum Gasteiger partial charge on any atom is 0.143 e. The van der Waals surface area contributed by atoms with Crippen molar-refractivity contribution in [2.24, 2.45) is 0 Å². The molecule has 0 spiro atoms. The second-order valence-corrected chi connectivity index (χ2v) is 8.07. The smallest absolute Gasteiger partial charge is 0.143 e. The van der Waals surface area contributed by atoms with Gasteiger partial charge in [0.1, 0.15) is 11.2 Å². The lowest BCUT2D eigenvalue weighted by atomic mass is 9.95. The highest BCUT2D eigenvalue weighted by Gasteiger charge is 2.16. The Kier molecular flexibility index (Phi) is 3.38. The minimum atomic E-state index is 0.933. The Morgan fingerprint density at radius 3 is 2.00 bits per heavy atom. The van der Waals surface area contributed by atoms with Crippen molar-refractivity contribution in [2.75, 3.05) is 0 Å². The van der Waals surface area contributed by atoms with Crippen molar-refractivity contribution in [1.82, 2.24) is 0 Å². The zero-order valence-electron chi connectivity index (χ0n) is 14.9. The van der Waals surface area contributed by atoms with Crippen LogP contribution in [0.25, 0.3) is 54.6 Å². The minimum Gasteiger partial charge on any atom is -0.455 e. The van der Waals surface area contributed by atoms with Crippen LogP contribution in [-0.4, -0.2) is 0 Å². The first-order chi connectivity index (χ1) is 13.8. The highest BCUT2D eigenvalue weighted by molar-refractivity contribution is 9.10. The third kappa shape index (κ3) is 2.31. The summed E-state index contributed by atoms with van der Waals surface area (Å²) in [6, 6.07) is 32.1. The quantitative estimate of drug-likeness (QED) is 0.259. The first kappa shape index (κ1) is 15.9. The average molecular weight is 423 g/mol. The molecule has 0 aliphatic carbocycles. The number of rotatable bonds is 1. The van der Waals surface area contributed by atoms with Gasteiger partial charge in [-0.15, -0.1) is 0 Å². The number of fused-ring (bicyclic) bond motifs is 5. The third-order valence-electron chi connectivity index (χ3n) is 5.48. The predicted molar refractivity (Wildman–Crippen MR) is 122 cm³/mol. The second-order valence-electron chi connectivity index (χ2n) is 7.15. The standard InChI is InChI=1S/C26H15BrO/c27-20-11-9-16(10-12-20)25-21-8-4-3-7-19(21)14-23-22-13-17-5-1-2-6-18(17)15-24(22)28-26(23)25/h1-15H. The largest absolute Gasteiger partial charge is 0.455 e. The van der Waals surface area contributed by atoms with Gasteiger partial charge in [-0.3, -0.25) is 0 Å². The van der Waals surface area contributed by atoms with Crippen LogP contribution in [0.5, 0.6) is 0 Å². The molecule has 0 saturated carbocycles. The first-order valence-corrected chi connectivity index (χ1v) is 10.1. The molecule has 0 aliphatic rings. The van der Waals surface area contributed by atoms with Crippen molar-refractivity contribution in [2.45, 2.75) is 0 Å². The van der Waals surface area contributed by atoms with Gasteiger partial charge in [-0.2, -0.15) is 0 Å². The van der Waals surface area contributed by atoms with Gasteiger partial charge < -0.3 is 4.42 Å². The highest BCUT2D eigenvalue weighted by atomic mass is 79.9. The molecule has 6 aromatic rings. The summed E-state index contributed by atoms with van der Waals surface area (Å²) < 4.78 is 7.55. The third-order valence-corrected chi connectivity index (χ3v) is 6.01. The number of halogens is 1. The van der Waals surface area contributed by atoms with E-state index in [1.807, 2.05) is 0 Å². The molecule has 0 bridgehead atoms. The van der Waals surface area contributed by atoms with Crippen molar-refractivity contribution in [1.29, 1.82) is 0 Å². The predicted octanol–water partition coefficient (Wildman–Crippen LogP) is 8.32. The molecule has 5 aromatic carbocycles. The van der Waals surface area contributed by atoms with Crippen LogP contribution in [0, 0.1) is 0 Å². The van der Waals surface area contributed by atoms with E-state index >= 15 is 0 Å². The van der Waals surface area contributed by atoms with Crippen LogP contribution in [-0.2, 0) is 0 Å². The van der Waals surface area contributed by atoms with E-state index in [-0.39, 0.29) is 0 Å². The fourth-order valence-corrected chi connectivity index (χ4v) is 4.43. The molecule has 0 unspecified atom stereocenters. The Hall–Kier alpha value is -3.10. The molecule has 1 heterocycles. The summed E-state index contributed by atoms with van der Waals surface area (Å²) in [5, 5.41) is 7.19. The molecule has 1 aromatic heterocycles. The lowest BCUT2D eigenvalue weighted by molar-refractivity contribution is 0.671. The van der Waals surface area contributed by atoms with Gasteiger partial charge in [-0.05, 0) is 57.4 Å². The van der Waals surface area contributed by atoms with E-state index in [9.17, 15) is 0 Å². The second kappa shape index (κ2) is 5.95. The van der Waals surface area contributed by atoms with E-state index in [0.29, 0.717) is 0 Å². The van der Waals surface area contributed by atoms with Gasteiger partial charge in [0.05, 0.1) is 0 Å². The minimum absolute atomic E-state index is 0.933. The highest BCUT2D eigenvalue weighted by Crippen LogP contribution is 2.42. The van der Waals surface area contributed by atoms with Crippen molar-refractivity contribution in [3.8, 4) is 11.1 Å². The Labute approximate surface area is 170 Å². The van der Waals surface area contributed by atoms with Crippen LogP contribution in [0.15, 0.2) is 99.9 Å². The number of hydrogen-bond donors (Lipinski definition) is 0. The van der Waals surface area contributed by atoms with E-state index in [2.05, 4.69) is 107 Å². The van der Waals surface area contributed by atoms with Crippen LogP contribution < -0.4 is 0 Å². The van der Waals surface area contributed by atoms with Crippen molar-refractivity contribution < 1.29 is 4.42 Å². The van der Waals surface area contributed by atoms with Gasteiger partial charge in [0.25, 0.3) is 0 Å². The zero-order chi connectivity index (χ0) is 18.7. The summed E-state index contributed by atoms with van der Waals surface area (Å²) in [6.07, 6.45) is 0. The fourth-order valence-electron chi connectivity index (χ4n) is 4.16. The van der Waals surface area contributed by atoms with Crippen molar-refractivity contribution in [3.63, 3.8) is 0 Å². The molecule has 0 saturated heterocycles. The Morgan fingerprint density at radius 1 is 0.571 bits per heavy atom. The van der Waals surface area contributed by atoms with Gasteiger partial charge >= 0.3 is 0 Å². The molecule has 132 valence electrons. The van der Waals surface area contributed by atoms with Crippen LogP contribution in [0.2, 0.25) is 0 Å². The number of benzene rings is 5. The Morgan fingerprint density at radius 2 is 1.21 bits per heavy atom. The Balaban J connectivity index is 1.82. The van der Waals surface area contributed by atoms with Crippen LogP contribution >= 0.6 is 15.9 Å². The molecule has 0 atom stereocenters. The topological polar surface area (TPSA) is 13.1 Å². The van der Waals surface area contributed by atoms with Gasteiger partial charge in [0, 0.05) is 20.8 Å². The van der Waals surface area contributed by atoms with Crippen LogP contribution in [0.1, 0.15) is 0 Å². The maximum absolute atomic E-state index is 6.47. The molecule has 0 fully saturated rings. The molecule has 0 aliphatic heterocycles. The lowest BCUT2D eigenvalue weighted by Gasteiger charge is -2.08. The summed E-state index contributed by atoms with van der Waals surface area (Å²) >= 11 is 3.55. The van der Waals surface area contributed by atoms with Crippen LogP contribution in [0.3, 0.4) is 0 Å². The van der Waals surface area contributed by atoms with E-state index in [1.54, 1.807) is 0 Å². The monoisotopic (exact) mass is 422 g/mol. The molecule has 0 radical (unpaired) electrons. The van der Waals surface area contributed by atoms with E-state index in [1.165, 1.54) is 21.5 Å². The number of hydrogen-bond acceptors (Lipinski definition) is 1. The van der Waals surface area contributed by atoms with Crippen LogP contribution in [0.4, 0.5) is 0 Å². The summed E-state index contributed by atoms with van der Waals surface area (Å²) in [7, 11) is 0. The van der Waals surface area contributed by atoms with Gasteiger partial charge in [-0.1, -0.05) is 76.6 Å². The average Bonchev–Trinajstić information content (AvgIpc) is 3.08. The fraction of sp³-hybridized carbons (Fsp3) is 0. The molecular weight excluding hydrogens is 408 g/mol. The molecule has 6 rings (SSSR count). The summed E-state index contributed by atoms with van der Waals surface area (Å²) in [4.78, 5) is 0. The number of furan rings is 1. The summed E-state index contributed by atoms with van der Waals surface area (Å²) in [5.41, 5.74) is 4.20. The summed E-state index contributed by atoms with van der Waals surface area (Å²) in [6.45, 7) is 0. The molecule has 2 heteroatoms. The first-order valence-electron chi connectivity index (χ1n) is 9.31. The maximum atomic E-state index is 6.47. The molecule has 28 heavy (non-hydrogen) atoms. The van der Waals surface area contributed by atoms with Gasteiger partial charge in [-0.25, -0.2) is 0 Å². The lowest BCUT2D eigenvalue weighted by Crippen LogP contribution is -1.83. The summed E-state index contributed by atoms with van der Waals surface area (Å²) in [5.74, 6) is 0. The van der Waals surface area contributed by atoms with Gasteiger partial charge in [0.15, 0.2) is 0 Å². The van der Waals surface area contributed by atoms with Crippen molar-refractivity contribution >= 4 is 59.4 Å². The Bertz CT molecular complexity index is 1510. The molecule has 1 nitrogen and oxygen atoms in total. The molecule has 0 amide bonds. The zero-order valence-corrected chi connectivity index (χ0v) is 16.5. The van der Waals surface area contributed by atoms with Crippen molar-refractivity contribution in [3.05, 3.63) is 95.5 Å². The molecule has 0 N–H and O–H groups in total. The normalized spacial score (nSPS) is 11.8. The molecular formula is C26H15BrO. The van der Waals surface area contributed by atoms with E-state index in [0.717, 1.165) is 37.5 Å².